The molecular weight excluding hydrogens is 382 g/mol. The number of aliphatic imine (C=N–C) groups is 1. The van der Waals surface area contributed by atoms with Gasteiger partial charge in [0.25, 0.3) is 0 Å². The van der Waals surface area contributed by atoms with Gasteiger partial charge in [0.2, 0.25) is 0 Å². The summed E-state index contributed by atoms with van der Waals surface area (Å²) in [7, 11) is 2.23. The molecule has 0 radical (unpaired) electrons. The summed E-state index contributed by atoms with van der Waals surface area (Å²) in [6.07, 6.45) is 6.39. The maximum Gasteiger partial charge on any atom is 0.191 e. The molecule has 0 amide bonds. The van der Waals surface area contributed by atoms with Crippen molar-refractivity contribution in [2.75, 3.05) is 52.9 Å². The number of likely N-dealkylation sites (tertiary alicyclic amines) is 2. The van der Waals surface area contributed by atoms with E-state index in [1.807, 2.05) is 23.8 Å². The lowest BCUT2D eigenvalue weighted by molar-refractivity contribution is 0.0172. The van der Waals surface area contributed by atoms with Gasteiger partial charge in [0.1, 0.15) is 5.60 Å². The molecular formula is C22H39N5OS. The molecule has 2 aliphatic rings. The van der Waals surface area contributed by atoms with Crippen LogP contribution in [0.25, 0.3) is 0 Å². The minimum atomic E-state index is -0.944. The van der Waals surface area contributed by atoms with E-state index in [4.69, 9.17) is 4.99 Å². The largest absolute Gasteiger partial charge is 0.383 e. The summed E-state index contributed by atoms with van der Waals surface area (Å²) in [5, 5.41) is 21.8. The molecule has 3 N–H and O–H groups in total. The summed E-state index contributed by atoms with van der Waals surface area (Å²) in [4.78, 5) is 9.92. The van der Waals surface area contributed by atoms with Gasteiger partial charge >= 0.3 is 0 Å². The zero-order valence-electron chi connectivity index (χ0n) is 18.4. The van der Waals surface area contributed by atoms with Gasteiger partial charge in [-0.1, -0.05) is 6.42 Å². The first-order valence-electron chi connectivity index (χ1n) is 11.2. The van der Waals surface area contributed by atoms with E-state index in [0.29, 0.717) is 6.54 Å². The highest BCUT2D eigenvalue weighted by molar-refractivity contribution is 7.08. The van der Waals surface area contributed by atoms with Gasteiger partial charge in [-0.3, -0.25) is 4.90 Å². The van der Waals surface area contributed by atoms with Crippen molar-refractivity contribution in [3.05, 3.63) is 22.4 Å². The Kier molecular flexibility index (Phi) is 7.96. The van der Waals surface area contributed by atoms with Crippen LogP contribution in [-0.4, -0.2) is 79.3 Å². The van der Waals surface area contributed by atoms with Crippen molar-refractivity contribution in [1.29, 1.82) is 0 Å². The second kappa shape index (κ2) is 10.2. The molecule has 0 saturated carbocycles. The van der Waals surface area contributed by atoms with Crippen LogP contribution in [0.5, 0.6) is 0 Å². The van der Waals surface area contributed by atoms with E-state index in [1.165, 1.54) is 45.2 Å². The van der Waals surface area contributed by atoms with E-state index in [9.17, 15) is 5.11 Å². The Morgan fingerprint density at radius 2 is 1.93 bits per heavy atom. The smallest absolute Gasteiger partial charge is 0.191 e. The average molecular weight is 422 g/mol. The molecule has 6 nitrogen and oxygen atoms in total. The van der Waals surface area contributed by atoms with E-state index in [2.05, 4.69) is 34.4 Å². The highest BCUT2D eigenvalue weighted by Crippen LogP contribution is 2.31. The Balaban J connectivity index is 1.67. The molecule has 0 aromatic carbocycles. The van der Waals surface area contributed by atoms with Crippen molar-refractivity contribution in [3.8, 4) is 0 Å². The van der Waals surface area contributed by atoms with Crippen LogP contribution in [0.3, 0.4) is 0 Å². The summed E-state index contributed by atoms with van der Waals surface area (Å²) < 4.78 is 0. The van der Waals surface area contributed by atoms with E-state index < -0.39 is 5.60 Å². The molecule has 2 aliphatic heterocycles. The van der Waals surface area contributed by atoms with Crippen LogP contribution in [0.15, 0.2) is 21.8 Å². The predicted molar refractivity (Wildman–Crippen MR) is 123 cm³/mol. The van der Waals surface area contributed by atoms with Crippen molar-refractivity contribution < 1.29 is 5.11 Å². The van der Waals surface area contributed by atoms with Crippen LogP contribution >= 0.6 is 11.3 Å². The standard InChI is InChI=1S/C22H39N5OS/c1-4-23-20(24-17-21(2,28)19-8-15-29-16-19)25-18-22(9-13-26(3)14-10-22)27-11-6-5-7-12-27/h8,15-16,28H,4-7,9-14,17-18H2,1-3H3,(H2,23,24,25). The quantitative estimate of drug-likeness (QED) is 0.466. The molecule has 164 valence electrons. The Morgan fingerprint density at radius 1 is 1.21 bits per heavy atom. The third-order valence-electron chi connectivity index (χ3n) is 6.56. The average Bonchev–Trinajstić information content (AvgIpc) is 3.28. The maximum atomic E-state index is 10.8. The van der Waals surface area contributed by atoms with Crippen LogP contribution in [0, 0.1) is 0 Å². The van der Waals surface area contributed by atoms with Crippen LogP contribution in [0.1, 0.15) is 51.5 Å². The normalized spacial score (nSPS) is 23.5. The molecule has 2 fully saturated rings. The summed E-state index contributed by atoms with van der Waals surface area (Å²) in [5.41, 5.74) is 0.196. The number of hydrogen-bond acceptors (Lipinski definition) is 5. The van der Waals surface area contributed by atoms with Crippen LogP contribution in [0.2, 0.25) is 0 Å². The van der Waals surface area contributed by atoms with Gasteiger partial charge in [0.15, 0.2) is 5.96 Å². The number of piperidine rings is 2. The second-order valence-corrected chi connectivity index (χ2v) is 9.69. The zero-order chi connectivity index (χ0) is 20.7. The lowest BCUT2D eigenvalue weighted by Gasteiger charge is -2.50. The number of hydrogen-bond donors (Lipinski definition) is 3. The molecule has 2 saturated heterocycles. The predicted octanol–water partition coefficient (Wildman–Crippen LogP) is 2.46. The van der Waals surface area contributed by atoms with Gasteiger partial charge in [0.05, 0.1) is 6.54 Å². The third-order valence-corrected chi connectivity index (χ3v) is 7.25. The van der Waals surface area contributed by atoms with Crippen molar-refractivity contribution in [1.82, 2.24) is 20.4 Å². The van der Waals surface area contributed by atoms with E-state index >= 15 is 0 Å². The van der Waals surface area contributed by atoms with E-state index in [1.54, 1.807) is 11.3 Å². The number of rotatable bonds is 7. The Morgan fingerprint density at radius 3 is 2.55 bits per heavy atom. The van der Waals surface area contributed by atoms with E-state index in [-0.39, 0.29) is 5.54 Å². The Bertz CT molecular complexity index is 632. The van der Waals surface area contributed by atoms with Gasteiger partial charge in [-0.2, -0.15) is 11.3 Å². The molecule has 1 aromatic heterocycles. The SMILES string of the molecule is CCNC(=NCC(C)(O)c1ccsc1)NCC1(N2CCCCC2)CCN(C)CC1. The van der Waals surface area contributed by atoms with Gasteiger partial charge in [0, 0.05) is 18.6 Å². The number of nitrogens with one attached hydrogen (secondary N) is 2. The second-order valence-electron chi connectivity index (χ2n) is 8.91. The fourth-order valence-corrected chi connectivity index (χ4v) is 5.28. The highest BCUT2D eigenvalue weighted by atomic mass is 32.1. The minimum Gasteiger partial charge on any atom is -0.383 e. The number of thiophene rings is 1. The first-order chi connectivity index (χ1) is 14.0. The molecule has 1 atom stereocenters. The van der Waals surface area contributed by atoms with Gasteiger partial charge in [-0.05, 0) is 95.1 Å². The summed E-state index contributed by atoms with van der Waals surface area (Å²) in [6, 6.07) is 1.98. The van der Waals surface area contributed by atoms with E-state index in [0.717, 1.165) is 37.7 Å². The van der Waals surface area contributed by atoms with Gasteiger partial charge in [-0.25, -0.2) is 4.99 Å². The van der Waals surface area contributed by atoms with Crippen LogP contribution in [0.4, 0.5) is 0 Å². The fraction of sp³-hybridized carbons (Fsp3) is 0.773. The molecule has 3 heterocycles. The molecule has 3 rings (SSSR count). The number of nitrogens with zero attached hydrogens (tertiary/aromatic N) is 3. The third kappa shape index (κ3) is 5.94. The number of guanidine groups is 1. The minimum absolute atomic E-state index is 0.207. The lowest BCUT2D eigenvalue weighted by atomic mass is 9.84. The molecule has 1 unspecified atom stereocenters. The van der Waals surface area contributed by atoms with Crippen molar-refractivity contribution in [3.63, 3.8) is 0 Å². The highest BCUT2D eigenvalue weighted by Gasteiger charge is 2.39. The van der Waals surface area contributed by atoms with Crippen molar-refractivity contribution in [2.45, 2.75) is 57.1 Å². The topological polar surface area (TPSA) is 63.1 Å². The number of aliphatic hydroxyl groups is 1. The molecule has 0 aliphatic carbocycles. The van der Waals surface area contributed by atoms with Crippen LogP contribution < -0.4 is 10.6 Å². The molecule has 0 spiro atoms. The Labute approximate surface area is 180 Å². The monoisotopic (exact) mass is 421 g/mol. The van der Waals surface area contributed by atoms with Crippen molar-refractivity contribution in [2.24, 2.45) is 4.99 Å². The maximum absolute atomic E-state index is 10.8. The first-order valence-corrected chi connectivity index (χ1v) is 12.1. The summed E-state index contributed by atoms with van der Waals surface area (Å²) in [5.74, 6) is 0.804. The summed E-state index contributed by atoms with van der Waals surface area (Å²) in [6.45, 7) is 10.7. The zero-order valence-corrected chi connectivity index (χ0v) is 19.2. The van der Waals surface area contributed by atoms with Crippen LogP contribution in [-0.2, 0) is 5.60 Å². The Hall–Kier alpha value is -1.15. The summed E-state index contributed by atoms with van der Waals surface area (Å²) >= 11 is 1.61. The molecule has 29 heavy (non-hydrogen) atoms. The first kappa shape index (κ1) is 22.5. The van der Waals surface area contributed by atoms with Crippen molar-refractivity contribution >= 4 is 17.3 Å². The van der Waals surface area contributed by atoms with Gasteiger partial charge in [-0.15, -0.1) is 0 Å². The molecule has 7 heteroatoms. The molecule has 0 bridgehead atoms. The fourth-order valence-electron chi connectivity index (χ4n) is 4.49. The lowest BCUT2D eigenvalue weighted by Crippen LogP contribution is -2.62. The molecule has 1 aromatic rings. The van der Waals surface area contributed by atoms with Gasteiger partial charge < -0.3 is 20.6 Å².